The zero-order valence-corrected chi connectivity index (χ0v) is 12.8. The molecule has 4 rings (SSSR count). The Bertz CT molecular complexity index is 822. The van der Waals surface area contributed by atoms with Crippen molar-refractivity contribution in [2.75, 3.05) is 0 Å². The molecule has 1 unspecified atom stereocenters. The van der Waals surface area contributed by atoms with Crippen molar-refractivity contribution in [2.24, 2.45) is 5.73 Å². The quantitative estimate of drug-likeness (QED) is 0.738. The van der Waals surface area contributed by atoms with Gasteiger partial charge in [-0.1, -0.05) is 18.2 Å². The molecular formula is C17H17N3S. The number of para-hydroxylation sites is 1. The van der Waals surface area contributed by atoms with Crippen molar-refractivity contribution in [3.8, 4) is 10.7 Å². The van der Waals surface area contributed by atoms with Gasteiger partial charge in [-0.05, 0) is 43.9 Å². The number of hydrogen-bond donors (Lipinski definition) is 1. The number of nitrogens with zero attached hydrogens (tertiary/aromatic N) is 2. The van der Waals surface area contributed by atoms with Gasteiger partial charge in [-0.25, -0.2) is 9.97 Å². The molecule has 1 aliphatic carbocycles. The van der Waals surface area contributed by atoms with Crippen LogP contribution in [0.25, 0.3) is 21.6 Å². The fraction of sp³-hybridized carbons (Fsp3) is 0.294. The highest BCUT2D eigenvalue weighted by atomic mass is 32.1. The van der Waals surface area contributed by atoms with Crippen LogP contribution in [0.1, 0.15) is 35.0 Å². The summed E-state index contributed by atoms with van der Waals surface area (Å²) in [7, 11) is 0. The van der Waals surface area contributed by atoms with Crippen LogP contribution in [0.5, 0.6) is 0 Å². The van der Waals surface area contributed by atoms with Crippen LogP contribution in [0.15, 0.2) is 30.3 Å². The van der Waals surface area contributed by atoms with Crippen LogP contribution >= 0.6 is 11.3 Å². The van der Waals surface area contributed by atoms with Crippen LogP contribution in [0.2, 0.25) is 0 Å². The number of thiazole rings is 1. The van der Waals surface area contributed by atoms with E-state index in [0.29, 0.717) is 0 Å². The largest absolute Gasteiger partial charge is 0.323 e. The molecule has 2 N–H and O–H groups in total. The second kappa shape index (κ2) is 4.90. The zero-order valence-electron chi connectivity index (χ0n) is 12.0. The minimum absolute atomic E-state index is 0.0975. The number of pyridine rings is 1. The van der Waals surface area contributed by atoms with Crippen molar-refractivity contribution in [1.82, 2.24) is 9.97 Å². The van der Waals surface area contributed by atoms with E-state index in [1.54, 1.807) is 11.3 Å². The van der Waals surface area contributed by atoms with E-state index in [2.05, 4.69) is 31.2 Å². The number of rotatable bonds is 1. The summed E-state index contributed by atoms with van der Waals surface area (Å²) in [4.78, 5) is 10.9. The highest BCUT2D eigenvalue weighted by Crippen LogP contribution is 2.36. The predicted molar refractivity (Wildman–Crippen MR) is 87.5 cm³/mol. The van der Waals surface area contributed by atoms with Gasteiger partial charge in [0.1, 0.15) is 5.01 Å². The summed E-state index contributed by atoms with van der Waals surface area (Å²) in [6, 6.07) is 10.5. The Morgan fingerprint density at radius 1 is 1.24 bits per heavy atom. The maximum Gasteiger partial charge on any atom is 0.142 e. The van der Waals surface area contributed by atoms with Crippen molar-refractivity contribution in [3.05, 3.63) is 46.5 Å². The number of aromatic nitrogens is 2. The number of nitrogens with two attached hydrogens (primary N) is 1. The van der Waals surface area contributed by atoms with Crippen LogP contribution in [0.3, 0.4) is 0 Å². The number of fused-ring (bicyclic) bond motifs is 2. The van der Waals surface area contributed by atoms with Crippen LogP contribution < -0.4 is 5.73 Å². The molecule has 3 nitrogen and oxygen atoms in total. The Balaban J connectivity index is 1.87. The minimum Gasteiger partial charge on any atom is -0.323 e. The lowest BCUT2D eigenvalue weighted by Crippen LogP contribution is -2.16. The van der Waals surface area contributed by atoms with E-state index in [1.165, 1.54) is 22.2 Å². The van der Waals surface area contributed by atoms with Crippen LogP contribution in [0, 0.1) is 6.92 Å². The second-order valence-electron chi connectivity index (χ2n) is 5.67. The molecule has 0 bridgehead atoms. The van der Waals surface area contributed by atoms with Crippen LogP contribution in [-0.2, 0) is 6.42 Å². The van der Waals surface area contributed by atoms with E-state index in [0.717, 1.165) is 34.8 Å². The van der Waals surface area contributed by atoms with Gasteiger partial charge in [0.05, 0.1) is 16.9 Å². The van der Waals surface area contributed by atoms with Gasteiger partial charge >= 0.3 is 0 Å². The van der Waals surface area contributed by atoms with E-state index in [1.807, 2.05) is 6.07 Å². The molecule has 0 aliphatic heterocycles. The lowest BCUT2D eigenvalue weighted by atomic mass is 9.99. The Morgan fingerprint density at radius 2 is 2.10 bits per heavy atom. The average molecular weight is 295 g/mol. The topological polar surface area (TPSA) is 51.8 Å². The first-order chi connectivity index (χ1) is 10.2. The molecule has 2 aromatic heterocycles. The molecule has 0 fully saturated rings. The molecule has 0 saturated heterocycles. The van der Waals surface area contributed by atoms with Crippen LogP contribution in [-0.4, -0.2) is 9.97 Å². The lowest BCUT2D eigenvalue weighted by Gasteiger charge is -2.15. The Kier molecular flexibility index (Phi) is 3.01. The van der Waals surface area contributed by atoms with Gasteiger partial charge in [0.25, 0.3) is 0 Å². The molecule has 3 aromatic rings. The van der Waals surface area contributed by atoms with E-state index in [9.17, 15) is 0 Å². The maximum absolute atomic E-state index is 6.18. The Labute approximate surface area is 127 Å². The fourth-order valence-corrected chi connectivity index (χ4v) is 4.15. The monoisotopic (exact) mass is 295 g/mol. The predicted octanol–water partition coefficient (Wildman–Crippen LogP) is 4.00. The Morgan fingerprint density at radius 3 is 2.95 bits per heavy atom. The third-order valence-electron chi connectivity index (χ3n) is 4.14. The molecule has 1 aromatic carbocycles. The van der Waals surface area contributed by atoms with Gasteiger partial charge in [0.2, 0.25) is 0 Å². The molecule has 1 aliphatic rings. The standard InChI is InChI=1S/C17H17N3S/c1-10-9-14(19-13-7-3-2-5-11(10)13)17-20-16-12(18)6-4-8-15(16)21-17/h2-3,5,7,9,12H,4,6,8,18H2,1H3. The summed E-state index contributed by atoms with van der Waals surface area (Å²) in [5.41, 5.74) is 10.5. The van der Waals surface area contributed by atoms with Gasteiger partial charge in [-0.15, -0.1) is 11.3 Å². The second-order valence-corrected chi connectivity index (χ2v) is 6.75. The van der Waals surface area contributed by atoms with Crippen molar-refractivity contribution in [1.29, 1.82) is 0 Å². The van der Waals surface area contributed by atoms with Gasteiger partial charge in [-0.2, -0.15) is 0 Å². The average Bonchev–Trinajstić information content (AvgIpc) is 2.93. The summed E-state index contributed by atoms with van der Waals surface area (Å²) in [5, 5.41) is 2.21. The molecule has 4 heteroatoms. The van der Waals surface area contributed by atoms with E-state index >= 15 is 0 Å². The summed E-state index contributed by atoms with van der Waals surface area (Å²) in [6.07, 6.45) is 3.31. The number of benzene rings is 1. The van der Waals surface area contributed by atoms with Gasteiger partial charge in [0.15, 0.2) is 0 Å². The molecule has 0 amide bonds. The van der Waals surface area contributed by atoms with Crippen molar-refractivity contribution >= 4 is 22.2 Å². The third kappa shape index (κ3) is 2.15. The van der Waals surface area contributed by atoms with E-state index in [4.69, 9.17) is 15.7 Å². The smallest absolute Gasteiger partial charge is 0.142 e. The van der Waals surface area contributed by atoms with E-state index < -0.39 is 0 Å². The summed E-state index contributed by atoms with van der Waals surface area (Å²) in [6.45, 7) is 2.13. The summed E-state index contributed by atoms with van der Waals surface area (Å²) in [5.74, 6) is 0. The van der Waals surface area contributed by atoms with Gasteiger partial charge < -0.3 is 5.73 Å². The zero-order chi connectivity index (χ0) is 14.4. The summed E-state index contributed by atoms with van der Waals surface area (Å²) < 4.78 is 0. The highest BCUT2D eigenvalue weighted by Gasteiger charge is 2.22. The highest BCUT2D eigenvalue weighted by molar-refractivity contribution is 7.15. The van der Waals surface area contributed by atoms with Gasteiger partial charge in [0, 0.05) is 16.3 Å². The first-order valence-corrected chi connectivity index (χ1v) is 8.16. The lowest BCUT2D eigenvalue weighted by molar-refractivity contribution is 0.564. The molecule has 1 atom stereocenters. The Hall–Kier alpha value is -1.78. The van der Waals surface area contributed by atoms with Crippen LogP contribution in [0.4, 0.5) is 0 Å². The molecule has 2 heterocycles. The fourth-order valence-electron chi connectivity index (χ4n) is 3.02. The normalized spacial score (nSPS) is 17.9. The SMILES string of the molecule is Cc1cc(-c2nc3c(s2)CCCC3N)nc2ccccc12. The first kappa shape index (κ1) is 12.9. The van der Waals surface area contributed by atoms with Crippen molar-refractivity contribution in [2.45, 2.75) is 32.2 Å². The molecule has 21 heavy (non-hydrogen) atoms. The number of aryl methyl sites for hydroxylation is 2. The molecule has 0 radical (unpaired) electrons. The third-order valence-corrected chi connectivity index (χ3v) is 5.29. The van der Waals surface area contributed by atoms with Gasteiger partial charge in [-0.3, -0.25) is 0 Å². The van der Waals surface area contributed by atoms with Crippen molar-refractivity contribution in [3.63, 3.8) is 0 Å². The number of hydrogen-bond acceptors (Lipinski definition) is 4. The molecule has 0 saturated carbocycles. The first-order valence-electron chi connectivity index (χ1n) is 7.34. The summed E-state index contributed by atoms with van der Waals surface area (Å²) >= 11 is 1.76. The molecular weight excluding hydrogens is 278 g/mol. The minimum atomic E-state index is 0.0975. The maximum atomic E-state index is 6.18. The van der Waals surface area contributed by atoms with E-state index in [-0.39, 0.29) is 6.04 Å². The molecule has 106 valence electrons. The van der Waals surface area contributed by atoms with Crippen molar-refractivity contribution < 1.29 is 0 Å². The molecule has 0 spiro atoms.